The largest absolute Gasteiger partial charge is 0.496 e. The third-order valence-electron chi connectivity index (χ3n) is 5.12. The Morgan fingerprint density at radius 3 is 2.76 bits per heavy atom. The quantitative estimate of drug-likeness (QED) is 0.543. The summed E-state index contributed by atoms with van der Waals surface area (Å²) in [5.74, 6) is 1.15. The van der Waals surface area contributed by atoms with Gasteiger partial charge in [-0.05, 0) is 61.6 Å². The van der Waals surface area contributed by atoms with Crippen molar-refractivity contribution in [2.24, 2.45) is 5.92 Å². The number of methoxy groups -OCH3 is 1. The number of benzene rings is 1. The lowest BCUT2D eigenvalue weighted by molar-refractivity contribution is 0.0900. The summed E-state index contributed by atoms with van der Waals surface area (Å²) < 4.78 is 7.61. The highest BCUT2D eigenvalue weighted by Gasteiger charge is 2.26. The molecule has 1 atom stereocenters. The number of carbonyl (C=O) groups is 1. The fourth-order valence-electron chi connectivity index (χ4n) is 3.74. The van der Waals surface area contributed by atoms with E-state index in [1.807, 2.05) is 24.6 Å². The Kier molecular flexibility index (Phi) is 5.84. The molecule has 0 fully saturated rings. The van der Waals surface area contributed by atoms with Crippen LogP contribution in [0.1, 0.15) is 47.7 Å². The Morgan fingerprint density at radius 2 is 2.08 bits per heavy atom. The zero-order valence-corrected chi connectivity index (χ0v) is 16.1. The van der Waals surface area contributed by atoms with Crippen molar-refractivity contribution >= 4 is 17.5 Å². The van der Waals surface area contributed by atoms with Gasteiger partial charge in [0.1, 0.15) is 5.75 Å². The number of aromatic nitrogens is 2. The molecule has 134 valence electrons. The molecule has 3 rings (SSSR count). The molecule has 0 saturated heterocycles. The van der Waals surface area contributed by atoms with Crippen molar-refractivity contribution in [2.75, 3.05) is 13.4 Å². The van der Waals surface area contributed by atoms with Crippen LogP contribution < -0.4 is 4.74 Å². The third kappa shape index (κ3) is 3.61. The SMILES string of the molecule is CCC(Cn1ccnc1SC)C(=O)c1ccc(OC)c2c1CCCC2. The molecule has 1 unspecified atom stereocenters. The predicted octanol–water partition coefficient (Wildman–Crippen LogP) is 4.40. The van der Waals surface area contributed by atoms with Gasteiger partial charge in [-0.25, -0.2) is 4.98 Å². The topological polar surface area (TPSA) is 44.1 Å². The fraction of sp³-hybridized carbons (Fsp3) is 0.500. The van der Waals surface area contributed by atoms with Crippen molar-refractivity contribution in [3.8, 4) is 5.75 Å². The lowest BCUT2D eigenvalue weighted by Crippen LogP contribution is -2.23. The second kappa shape index (κ2) is 8.09. The number of thioether (sulfide) groups is 1. The van der Waals surface area contributed by atoms with Crippen LogP contribution in [0.4, 0.5) is 0 Å². The molecule has 0 N–H and O–H groups in total. The molecule has 1 heterocycles. The van der Waals surface area contributed by atoms with Crippen LogP contribution in [0.25, 0.3) is 0 Å². The minimum absolute atomic E-state index is 0.0282. The molecule has 0 aliphatic heterocycles. The molecule has 0 radical (unpaired) electrons. The number of imidazole rings is 1. The molecule has 5 heteroatoms. The van der Waals surface area contributed by atoms with E-state index in [0.717, 1.165) is 42.2 Å². The summed E-state index contributed by atoms with van der Waals surface area (Å²) in [6.45, 7) is 2.78. The number of fused-ring (bicyclic) bond motifs is 1. The van der Waals surface area contributed by atoms with Crippen LogP contribution in [0.3, 0.4) is 0 Å². The lowest BCUT2D eigenvalue weighted by Gasteiger charge is -2.23. The second-order valence-corrected chi connectivity index (χ2v) is 7.29. The van der Waals surface area contributed by atoms with Gasteiger partial charge >= 0.3 is 0 Å². The molecule has 0 bridgehead atoms. The van der Waals surface area contributed by atoms with Crippen molar-refractivity contribution in [3.63, 3.8) is 0 Å². The minimum atomic E-state index is -0.0282. The summed E-state index contributed by atoms with van der Waals surface area (Å²) >= 11 is 1.61. The van der Waals surface area contributed by atoms with Crippen molar-refractivity contribution in [1.82, 2.24) is 9.55 Å². The number of Topliss-reactive ketones (excluding diaryl/α,β-unsaturated/α-hetero) is 1. The van der Waals surface area contributed by atoms with Gasteiger partial charge in [0.15, 0.2) is 10.9 Å². The molecule has 0 spiro atoms. The van der Waals surface area contributed by atoms with Gasteiger partial charge in [0.2, 0.25) is 0 Å². The van der Waals surface area contributed by atoms with Crippen LogP contribution in [0, 0.1) is 5.92 Å². The first-order valence-corrected chi connectivity index (χ1v) is 10.2. The van der Waals surface area contributed by atoms with E-state index in [1.165, 1.54) is 17.5 Å². The molecule has 4 nitrogen and oxygen atoms in total. The van der Waals surface area contributed by atoms with Crippen LogP contribution >= 0.6 is 11.8 Å². The van der Waals surface area contributed by atoms with E-state index in [1.54, 1.807) is 25.1 Å². The maximum Gasteiger partial charge on any atom is 0.168 e. The zero-order chi connectivity index (χ0) is 17.8. The maximum absolute atomic E-state index is 13.3. The molecule has 1 aromatic heterocycles. The van der Waals surface area contributed by atoms with E-state index in [-0.39, 0.29) is 11.7 Å². The van der Waals surface area contributed by atoms with Gasteiger partial charge in [-0.3, -0.25) is 4.79 Å². The van der Waals surface area contributed by atoms with Gasteiger partial charge < -0.3 is 9.30 Å². The third-order valence-corrected chi connectivity index (χ3v) is 5.82. The monoisotopic (exact) mass is 358 g/mol. The average molecular weight is 359 g/mol. The van der Waals surface area contributed by atoms with E-state index < -0.39 is 0 Å². The van der Waals surface area contributed by atoms with Crippen molar-refractivity contribution in [2.45, 2.75) is 50.7 Å². The standard InChI is InChI=1S/C20H26N2O2S/c1-4-14(13-22-12-11-21-20(22)25-3)19(23)17-9-10-18(24-2)16-8-6-5-7-15(16)17/h9-12,14H,4-8,13H2,1-3H3. The highest BCUT2D eigenvalue weighted by atomic mass is 32.2. The molecule has 0 saturated carbocycles. The minimum Gasteiger partial charge on any atom is -0.496 e. The van der Waals surface area contributed by atoms with E-state index >= 15 is 0 Å². The van der Waals surface area contributed by atoms with E-state index in [0.29, 0.717) is 6.54 Å². The second-order valence-electron chi connectivity index (χ2n) is 6.52. The van der Waals surface area contributed by atoms with Gasteiger partial charge in [0.25, 0.3) is 0 Å². The summed E-state index contributed by atoms with van der Waals surface area (Å²) in [4.78, 5) is 17.6. The number of ketones is 1. The van der Waals surface area contributed by atoms with Crippen molar-refractivity contribution < 1.29 is 9.53 Å². The van der Waals surface area contributed by atoms with Crippen LogP contribution in [-0.2, 0) is 19.4 Å². The molecular weight excluding hydrogens is 332 g/mol. The van der Waals surface area contributed by atoms with E-state index in [4.69, 9.17) is 4.74 Å². The Morgan fingerprint density at radius 1 is 1.32 bits per heavy atom. The number of rotatable bonds is 7. The predicted molar refractivity (Wildman–Crippen MR) is 102 cm³/mol. The van der Waals surface area contributed by atoms with Crippen molar-refractivity contribution in [1.29, 1.82) is 0 Å². The first-order valence-electron chi connectivity index (χ1n) is 8.97. The smallest absolute Gasteiger partial charge is 0.168 e. The summed E-state index contributed by atoms with van der Waals surface area (Å²) in [6, 6.07) is 3.94. The Bertz CT molecular complexity index is 754. The molecule has 0 amide bonds. The number of hydrogen-bond donors (Lipinski definition) is 0. The van der Waals surface area contributed by atoms with Gasteiger partial charge in [-0.15, -0.1) is 0 Å². The van der Waals surface area contributed by atoms with Crippen molar-refractivity contribution in [3.05, 3.63) is 41.2 Å². The van der Waals surface area contributed by atoms with E-state index in [2.05, 4.69) is 16.5 Å². The van der Waals surface area contributed by atoms with Gasteiger partial charge in [-0.1, -0.05) is 18.7 Å². The van der Waals surface area contributed by atoms with Crippen LogP contribution in [0.15, 0.2) is 29.7 Å². The van der Waals surface area contributed by atoms with Gasteiger partial charge in [0.05, 0.1) is 7.11 Å². The molecule has 1 aliphatic carbocycles. The van der Waals surface area contributed by atoms with Crippen LogP contribution in [0.5, 0.6) is 5.75 Å². The highest BCUT2D eigenvalue weighted by Crippen LogP contribution is 2.33. The summed E-state index contributed by atoms with van der Waals surface area (Å²) in [5, 5.41) is 0.961. The molecule has 25 heavy (non-hydrogen) atoms. The fourth-order valence-corrected chi connectivity index (χ4v) is 4.27. The number of hydrogen-bond acceptors (Lipinski definition) is 4. The average Bonchev–Trinajstić information content (AvgIpc) is 3.11. The molecule has 1 aliphatic rings. The normalized spacial score (nSPS) is 14.8. The molecular formula is C20H26N2O2S. The molecule has 1 aromatic carbocycles. The first kappa shape index (κ1) is 18.1. The molecule has 2 aromatic rings. The first-order chi connectivity index (χ1) is 12.2. The van der Waals surface area contributed by atoms with Crippen LogP contribution in [0.2, 0.25) is 0 Å². The van der Waals surface area contributed by atoms with E-state index in [9.17, 15) is 4.79 Å². The summed E-state index contributed by atoms with van der Waals surface area (Å²) in [5.41, 5.74) is 3.35. The summed E-state index contributed by atoms with van der Waals surface area (Å²) in [6.07, 6.45) is 10.9. The zero-order valence-electron chi connectivity index (χ0n) is 15.2. The van der Waals surface area contributed by atoms with Gasteiger partial charge in [-0.2, -0.15) is 0 Å². The number of ether oxygens (including phenoxy) is 1. The Hall–Kier alpha value is -1.75. The maximum atomic E-state index is 13.3. The summed E-state index contributed by atoms with van der Waals surface area (Å²) in [7, 11) is 1.71. The number of carbonyl (C=O) groups excluding carboxylic acids is 1. The Labute approximate surface area is 154 Å². The number of nitrogens with zero attached hydrogens (tertiary/aromatic N) is 2. The van der Waals surface area contributed by atoms with Crippen LogP contribution in [-0.4, -0.2) is 28.7 Å². The lowest BCUT2D eigenvalue weighted by atomic mass is 9.83. The Balaban J connectivity index is 1.91. The van der Waals surface area contributed by atoms with Gasteiger partial charge in [0, 0.05) is 30.4 Å². The highest BCUT2D eigenvalue weighted by molar-refractivity contribution is 7.98.